The molecule has 0 saturated carbocycles. The molecule has 0 atom stereocenters. The molecule has 1 fully saturated rings. The Kier molecular flexibility index (Phi) is 5.29. The number of amides is 1. The normalized spacial score (nSPS) is 15.6. The van der Waals surface area contributed by atoms with E-state index in [2.05, 4.69) is 38.5 Å². The molecule has 1 amide bonds. The van der Waals surface area contributed by atoms with Crippen LogP contribution in [0.15, 0.2) is 24.4 Å². The Morgan fingerprint density at radius 1 is 1.24 bits per heavy atom. The van der Waals surface area contributed by atoms with Gasteiger partial charge in [-0.25, -0.2) is 4.79 Å². The number of carbonyl (C=O) groups excluding carboxylic acids is 1. The van der Waals surface area contributed by atoms with Crippen molar-refractivity contribution < 1.29 is 9.53 Å². The lowest BCUT2D eigenvalue weighted by atomic mass is 10.1. The van der Waals surface area contributed by atoms with Crippen molar-refractivity contribution in [3.63, 3.8) is 0 Å². The maximum absolute atomic E-state index is 12.2. The van der Waals surface area contributed by atoms with Gasteiger partial charge in [0.15, 0.2) is 0 Å². The van der Waals surface area contributed by atoms with Crippen molar-refractivity contribution >= 4 is 56.9 Å². The predicted molar refractivity (Wildman–Crippen MR) is 109 cm³/mol. The van der Waals surface area contributed by atoms with Crippen LogP contribution in [0.5, 0.6) is 0 Å². The molecule has 25 heavy (non-hydrogen) atoms. The number of nitrogens with zero attached hydrogens (tertiary/aromatic N) is 3. The summed E-state index contributed by atoms with van der Waals surface area (Å²) in [4.78, 5) is 20.7. The number of piperazine rings is 1. The molecular weight excluding hydrogens is 453 g/mol. The highest BCUT2D eigenvalue weighted by Gasteiger charge is 2.26. The highest BCUT2D eigenvalue weighted by atomic mass is 127. The van der Waals surface area contributed by atoms with E-state index < -0.39 is 5.60 Å². The van der Waals surface area contributed by atoms with Gasteiger partial charge in [0.1, 0.15) is 5.60 Å². The summed E-state index contributed by atoms with van der Waals surface area (Å²) in [6, 6.07) is 6.00. The summed E-state index contributed by atoms with van der Waals surface area (Å²) in [5.41, 5.74) is 1.55. The minimum absolute atomic E-state index is 0.243. The van der Waals surface area contributed by atoms with Crippen molar-refractivity contribution in [3.8, 4) is 0 Å². The van der Waals surface area contributed by atoms with E-state index >= 15 is 0 Å². The Hall–Kier alpha value is -1.28. The van der Waals surface area contributed by atoms with Gasteiger partial charge in [0.05, 0.1) is 10.5 Å². The summed E-state index contributed by atoms with van der Waals surface area (Å²) in [6.07, 6.45) is 1.56. The van der Waals surface area contributed by atoms with E-state index in [1.165, 1.54) is 0 Å². The van der Waals surface area contributed by atoms with Gasteiger partial charge in [-0.15, -0.1) is 0 Å². The zero-order valence-electron chi connectivity index (χ0n) is 14.6. The lowest BCUT2D eigenvalue weighted by molar-refractivity contribution is 0.0240. The zero-order valence-corrected chi connectivity index (χ0v) is 17.5. The number of benzene rings is 1. The Morgan fingerprint density at radius 2 is 1.92 bits per heavy atom. The number of pyridine rings is 1. The number of carbonyl (C=O) groups is 1. The van der Waals surface area contributed by atoms with Crippen molar-refractivity contribution in [1.29, 1.82) is 0 Å². The molecular formula is C18H21ClIN3O2. The number of aromatic nitrogens is 1. The van der Waals surface area contributed by atoms with Crippen LogP contribution >= 0.6 is 34.2 Å². The molecule has 0 N–H and O–H groups in total. The molecule has 7 heteroatoms. The highest BCUT2D eigenvalue weighted by Crippen LogP contribution is 2.31. The SMILES string of the molecule is CC(C)(C)OC(=O)N1CCN(c2ccnc3cc(Cl)c(I)cc23)CC1. The van der Waals surface area contributed by atoms with Crippen LogP contribution in [0.1, 0.15) is 20.8 Å². The van der Waals surface area contributed by atoms with E-state index in [1.807, 2.05) is 32.9 Å². The second-order valence-electron chi connectivity index (χ2n) is 7.07. The molecule has 0 bridgehead atoms. The predicted octanol–water partition coefficient (Wildman–Crippen LogP) is 4.55. The molecule has 2 heterocycles. The fraction of sp³-hybridized carbons (Fsp3) is 0.444. The fourth-order valence-corrected chi connectivity index (χ4v) is 3.48. The number of rotatable bonds is 1. The first-order valence-corrected chi connectivity index (χ1v) is 9.67. The van der Waals surface area contributed by atoms with E-state index in [4.69, 9.17) is 16.3 Å². The topological polar surface area (TPSA) is 45.7 Å². The number of hydrogen-bond donors (Lipinski definition) is 0. The first-order valence-electron chi connectivity index (χ1n) is 8.21. The lowest BCUT2D eigenvalue weighted by Gasteiger charge is -2.37. The summed E-state index contributed by atoms with van der Waals surface area (Å²) in [5, 5.41) is 1.80. The van der Waals surface area contributed by atoms with Crippen LogP contribution in [0.25, 0.3) is 10.9 Å². The molecule has 1 aliphatic rings. The van der Waals surface area contributed by atoms with Gasteiger partial charge in [-0.3, -0.25) is 4.98 Å². The third kappa shape index (κ3) is 4.28. The Labute approximate surface area is 166 Å². The van der Waals surface area contributed by atoms with Crippen LogP contribution in [-0.4, -0.2) is 47.8 Å². The first kappa shape index (κ1) is 18.5. The van der Waals surface area contributed by atoms with E-state index in [-0.39, 0.29) is 6.09 Å². The van der Waals surface area contributed by atoms with Crippen LogP contribution in [0.3, 0.4) is 0 Å². The third-order valence-corrected chi connectivity index (χ3v) is 5.56. The van der Waals surface area contributed by atoms with Crippen molar-refractivity contribution in [3.05, 3.63) is 33.0 Å². The molecule has 1 aliphatic heterocycles. The van der Waals surface area contributed by atoms with Crippen LogP contribution in [0.2, 0.25) is 5.02 Å². The van der Waals surface area contributed by atoms with Gasteiger partial charge >= 0.3 is 6.09 Å². The molecule has 134 valence electrons. The first-order chi connectivity index (χ1) is 11.7. The summed E-state index contributed by atoms with van der Waals surface area (Å²) in [6.45, 7) is 8.47. The van der Waals surface area contributed by atoms with Gasteiger partial charge < -0.3 is 14.5 Å². The number of hydrogen-bond acceptors (Lipinski definition) is 4. The summed E-state index contributed by atoms with van der Waals surface area (Å²) < 4.78 is 6.47. The van der Waals surface area contributed by atoms with Gasteiger partial charge in [0, 0.05) is 47.0 Å². The number of fused-ring (bicyclic) bond motifs is 1. The minimum atomic E-state index is -0.467. The standard InChI is InChI=1S/C18H21ClIN3O2/c1-18(2,3)25-17(24)23-8-6-22(7-9-23)16-4-5-21-15-11-13(19)14(20)10-12(15)16/h4-5,10-11H,6-9H2,1-3H3. The zero-order chi connectivity index (χ0) is 18.2. The maximum Gasteiger partial charge on any atom is 0.410 e. The molecule has 1 aromatic carbocycles. The quantitative estimate of drug-likeness (QED) is 0.570. The molecule has 0 unspecified atom stereocenters. The van der Waals surface area contributed by atoms with Crippen molar-refractivity contribution in [2.24, 2.45) is 0 Å². The van der Waals surface area contributed by atoms with E-state index in [1.54, 1.807) is 11.1 Å². The average molecular weight is 474 g/mol. The third-order valence-electron chi connectivity index (χ3n) is 4.03. The number of ether oxygens (including phenoxy) is 1. The Balaban J connectivity index is 1.76. The molecule has 2 aromatic rings. The van der Waals surface area contributed by atoms with Crippen LogP contribution < -0.4 is 4.90 Å². The summed E-state index contributed by atoms with van der Waals surface area (Å²) in [5.74, 6) is 0. The van der Waals surface area contributed by atoms with Crippen LogP contribution in [0.4, 0.5) is 10.5 Å². The minimum Gasteiger partial charge on any atom is -0.444 e. The van der Waals surface area contributed by atoms with Crippen molar-refractivity contribution in [2.75, 3.05) is 31.1 Å². The second-order valence-corrected chi connectivity index (χ2v) is 8.64. The number of anilines is 1. The Bertz CT molecular complexity index is 799. The molecule has 3 rings (SSSR count). The van der Waals surface area contributed by atoms with E-state index in [0.717, 1.165) is 33.3 Å². The van der Waals surface area contributed by atoms with E-state index in [9.17, 15) is 4.79 Å². The largest absolute Gasteiger partial charge is 0.444 e. The van der Waals surface area contributed by atoms with Gasteiger partial charge in [0.2, 0.25) is 0 Å². The van der Waals surface area contributed by atoms with Crippen LogP contribution in [-0.2, 0) is 4.74 Å². The summed E-state index contributed by atoms with van der Waals surface area (Å²) in [7, 11) is 0. The molecule has 1 aromatic heterocycles. The van der Waals surface area contributed by atoms with Gasteiger partial charge in [-0.2, -0.15) is 0 Å². The van der Waals surface area contributed by atoms with Gasteiger partial charge in [-0.05, 0) is 61.6 Å². The highest BCUT2D eigenvalue weighted by molar-refractivity contribution is 14.1. The lowest BCUT2D eigenvalue weighted by Crippen LogP contribution is -2.50. The molecule has 1 saturated heterocycles. The molecule has 0 radical (unpaired) electrons. The fourth-order valence-electron chi connectivity index (χ4n) is 2.86. The van der Waals surface area contributed by atoms with Gasteiger partial charge in [0.25, 0.3) is 0 Å². The molecule has 0 aliphatic carbocycles. The molecule has 5 nitrogen and oxygen atoms in total. The average Bonchev–Trinajstić information content (AvgIpc) is 2.54. The smallest absolute Gasteiger partial charge is 0.410 e. The van der Waals surface area contributed by atoms with E-state index in [0.29, 0.717) is 18.1 Å². The monoisotopic (exact) mass is 473 g/mol. The van der Waals surface area contributed by atoms with Gasteiger partial charge in [-0.1, -0.05) is 11.6 Å². The Morgan fingerprint density at radius 3 is 2.56 bits per heavy atom. The van der Waals surface area contributed by atoms with Crippen LogP contribution in [0, 0.1) is 3.57 Å². The second kappa shape index (κ2) is 7.15. The maximum atomic E-state index is 12.2. The molecule has 0 spiro atoms. The number of halogens is 2. The van der Waals surface area contributed by atoms with Crippen molar-refractivity contribution in [1.82, 2.24) is 9.88 Å². The summed E-state index contributed by atoms with van der Waals surface area (Å²) >= 11 is 8.45. The van der Waals surface area contributed by atoms with Crippen molar-refractivity contribution in [2.45, 2.75) is 26.4 Å².